The van der Waals surface area contributed by atoms with Crippen LogP contribution in [0.15, 0.2) is 54.6 Å². The highest BCUT2D eigenvalue weighted by molar-refractivity contribution is 6.35. The maximum absolute atomic E-state index is 13.1. The van der Waals surface area contributed by atoms with Gasteiger partial charge < -0.3 is 10.2 Å². The van der Waals surface area contributed by atoms with Crippen LogP contribution in [0.1, 0.15) is 50.4 Å². The van der Waals surface area contributed by atoms with Crippen LogP contribution in [0.5, 0.6) is 0 Å². The zero-order valence-electron chi connectivity index (χ0n) is 15.4. The maximum atomic E-state index is 13.1. The van der Waals surface area contributed by atoms with Gasteiger partial charge in [0, 0.05) is 6.54 Å². The number of hydrogen-bond acceptors (Lipinski definition) is 2. The Balaban J connectivity index is 2.11. The van der Waals surface area contributed by atoms with Crippen molar-refractivity contribution in [3.63, 3.8) is 0 Å². The van der Waals surface area contributed by atoms with E-state index < -0.39 is 11.8 Å². The number of carbonyl (C=O) groups is 2. The van der Waals surface area contributed by atoms with Crippen LogP contribution in [0.3, 0.4) is 0 Å². The fraction of sp³-hybridized carbons (Fsp3) is 0.333. The molecule has 0 saturated heterocycles. The molecule has 0 radical (unpaired) electrons. The van der Waals surface area contributed by atoms with Crippen molar-refractivity contribution in [1.29, 1.82) is 0 Å². The van der Waals surface area contributed by atoms with Crippen molar-refractivity contribution in [3.05, 3.63) is 71.5 Å². The van der Waals surface area contributed by atoms with Crippen LogP contribution >= 0.6 is 0 Å². The summed E-state index contributed by atoms with van der Waals surface area (Å²) in [4.78, 5) is 26.7. The molecule has 0 aliphatic rings. The van der Waals surface area contributed by atoms with E-state index in [0.29, 0.717) is 13.0 Å². The van der Waals surface area contributed by atoms with Crippen molar-refractivity contribution in [2.24, 2.45) is 0 Å². The van der Waals surface area contributed by atoms with E-state index in [1.807, 2.05) is 51.1 Å². The molecule has 0 unspecified atom stereocenters. The second-order valence-corrected chi connectivity index (χ2v) is 6.16. The van der Waals surface area contributed by atoms with E-state index in [1.165, 1.54) is 17.0 Å². The third kappa shape index (κ3) is 4.69. The fourth-order valence-electron chi connectivity index (χ4n) is 2.97. The zero-order valence-corrected chi connectivity index (χ0v) is 15.4. The molecule has 5 heteroatoms. The lowest BCUT2D eigenvalue weighted by Gasteiger charge is -2.28. The minimum absolute atomic E-state index is 0.215. The summed E-state index contributed by atoms with van der Waals surface area (Å²) >= 11 is 0. The molecule has 0 heterocycles. The summed E-state index contributed by atoms with van der Waals surface area (Å²) in [5, 5.41) is 2.82. The Hall–Kier alpha value is -2.69. The molecule has 0 saturated carbocycles. The summed E-state index contributed by atoms with van der Waals surface area (Å²) < 4.78 is 13.1. The molecule has 0 bridgehead atoms. The zero-order chi connectivity index (χ0) is 19.1. The van der Waals surface area contributed by atoms with Crippen LogP contribution < -0.4 is 5.32 Å². The molecular formula is C21H25FN2O2. The number of nitrogens with one attached hydrogen (secondary N) is 1. The number of nitrogens with zero attached hydrogens (tertiary/aromatic N) is 1. The number of hydrogen-bond donors (Lipinski definition) is 1. The van der Waals surface area contributed by atoms with Crippen molar-refractivity contribution in [3.8, 4) is 0 Å². The average Bonchev–Trinajstić information content (AvgIpc) is 2.67. The smallest absolute Gasteiger partial charge is 0.312 e. The normalized spacial score (nSPS) is 12.9. The largest absolute Gasteiger partial charge is 0.341 e. The Bertz CT molecular complexity index is 731. The molecule has 0 spiro atoms. The number of likely N-dealkylation sites (N-methyl/N-ethyl adjacent to an activating group) is 1. The molecule has 2 aromatic rings. The highest BCUT2D eigenvalue weighted by atomic mass is 19.1. The van der Waals surface area contributed by atoms with Gasteiger partial charge in [-0.25, -0.2) is 4.39 Å². The molecule has 1 N–H and O–H groups in total. The molecular weight excluding hydrogens is 331 g/mol. The van der Waals surface area contributed by atoms with Gasteiger partial charge in [-0.2, -0.15) is 0 Å². The highest BCUT2D eigenvalue weighted by Crippen LogP contribution is 2.21. The van der Waals surface area contributed by atoms with Gasteiger partial charge in [0.05, 0.1) is 12.1 Å². The first-order chi connectivity index (χ1) is 12.5. The van der Waals surface area contributed by atoms with Crippen LogP contribution in [0.4, 0.5) is 4.39 Å². The second kappa shape index (κ2) is 9.13. The van der Waals surface area contributed by atoms with E-state index >= 15 is 0 Å². The summed E-state index contributed by atoms with van der Waals surface area (Å²) in [6.45, 7) is 5.99. The molecule has 0 aliphatic carbocycles. The standard InChI is InChI=1S/C21H25FN2O2/c1-4-19(17-9-7-6-8-10-17)23-20(25)21(26)24(5-2)15(3)16-11-13-18(22)14-12-16/h6-15,19H,4-5H2,1-3H3,(H,23,25)/t15-,19-/m0/s1. The van der Waals surface area contributed by atoms with E-state index in [-0.39, 0.29) is 17.9 Å². The number of rotatable bonds is 6. The quantitative estimate of drug-likeness (QED) is 0.795. The van der Waals surface area contributed by atoms with Crippen LogP contribution in [0.25, 0.3) is 0 Å². The maximum Gasteiger partial charge on any atom is 0.312 e. The minimum Gasteiger partial charge on any atom is -0.341 e. The molecule has 2 rings (SSSR count). The molecule has 2 atom stereocenters. The third-order valence-electron chi connectivity index (χ3n) is 4.53. The Morgan fingerprint density at radius 2 is 1.62 bits per heavy atom. The summed E-state index contributed by atoms with van der Waals surface area (Å²) in [6.07, 6.45) is 0.683. The molecule has 2 amide bonds. The lowest BCUT2D eigenvalue weighted by molar-refractivity contribution is -0.147. The van der Waals surface area contributed by atoms with E-state index in [9.17, 15) is 14.0 Å². The predicted octanol–water partition coefficient (Wildman–Crippen LogP) is 4.00. The molecule has 4 nitrogen and oxygen atoms in total. The molecule has 2 aromatic carbocycles. The van der Waals surface area contributed by atoms with Gasteiger partial charge in [0.15, 0.2) is 0 Å². The summed E-state index contributed by atoms with van der Waals surface area (Å²) in [5.41, 5.74) is 1.75. The van der Waals surface area contributed by atoms with Gasteiger partial charge in [0.25, 0.3) is 0 Å². The van der Waals surface area contributed by atoms with Crippen LogP contribution in [0.2, 0.25) is 0 Å². The lowest BCUT2D eigenvalue weighted by Crippen LogP contribution is -2.45. The topological polar surface area (TPSA) is 49.4 Å². The summed E-state index contributed by atoms with van der Waals surface area (Å²) in [6, 6.07) is 15.0. The highest BCUT2D eigenvalue weighted by Gasteiger charge is 2.27. The van der Waals surface area contributed by atoms with Crippen LogP contribution in [-0.4, -0.2) is 23.3 Å². The lowest BCUT2D eigenvalue weighted by atomic mass is 10.0. The predicted molar refractivity (Wildman–Crippen MR) is 99.8 cm³/mol. The average molecular weight is 356 g/mol. The fourth-order valence-corrected chi connectivity index (χ4v) is 2.97. The third-order valence-corrected chi connectivity index (χ3v) is 4.53. The van der Waals surface area contributed by atoms with Crippen molar-refractivity contribution in [2.75, 3.05) is 6.54 Å². The number of benzene rings is 2. The Labute approximate surface area is 154 Å². The van der Waals surface area contributed by atoms with Crippen molar-refractivity contribution < 1.29 is 14.0 Å². The van der Waals surface area contributed by atoms with Crippen molar-refractivity contribution in [1.82, 2.24) is 10.2 Å². The van der Waals surface area contributed by atoms with Crippen LogP contribution in [-0.2, 0) is 9.59 Å². The molecule has 138 valence electrons. The van der Waals surface area contributed by atoms with Gasteiger partial charge in [0.1, 0.15) is 5.82 Å². The van der Waals surface area contributed by atoms with Gasteiger partial charge in [-0.15, -0.1) is 0 Å². The van der Waals surface area contributed by atoms with E-state index in [0.717, 1.165) is 11.1 Å². The Morgan fingerprint density at radius 1 is 1.00 bits per heavy atom. The van der Waals surface area contributed by atoms with Gasteiger partial charge in [-0.3, -0.25) is 9.59 Å². The first-order valence-corrected chi connectivity index (χ1v) is 8.89. The molecule has 0 aromatic heterocycles. The van der Waals surface area contributed by atoms with Gasteiger partial charge in [-0.1, -0.05) is 49.4 Å². The molecule has 26 heavy (non-hydrogen) atoms. The number of halogens is 1. The second-order valence-electron chi connectivity index (χ2n) is 6.16. The first-order valence-electron chi connectivity index (χ1n) is 8.89. The van der Waals surface area contributed by atoms with E-state index in [1.54, 1.807) is 12.1 Å². The van der Waals surface area contributed by atoms with Gasteiger partial charge >= 0.3 is 11.8 Å². The monoisotopic (exact) mass is 356 g/mol. The SMILES string of the molecule is CC[C@H](NC(=O)C(=O)N(CC)[C@@H](C)c1ccc(F)cc1)c1ccccc1. The minimum atomic E-state index is -0.628. The molecule has 0 aliphatic heterocycles. The van der Waals surface area contributed by atoms with Gasteiger partial charge in [-0.05, 0) is 43.5 Å². The van der Waals surface area contributed by atoms with Crippen LogP contribution in [0, 0.1) is 5.82 Å². The Kier molecular flexibility index (Phi) is 6.89. The number of carbonyl (C=O) groups excluding carboxylic acids is 2. The van der Waals surface area contributed by atoms with Crippen molar-refractivity contribution >= 4 is 11.8 Å². The number of amides is 2. The van der Waals surface area contributed by atoms with Gasteiger partial charge in [0.2, 0.25) is 0 Å². The summed E-state index contributed by atoms with van der Waals surface area (Å²) in [7, 11) is 0. The van der Waals surface area contributed by atoms with E-state index in [4.69, 9.17) is 0 Å². The first kappa shape index (κ1) is 19.6. The van der Waals surface area contributed by atoms with E-state index in [2.05, 4.69) is 5.32 Å². The summed E-state index contributed by atoms with van der Waals surface area (Å²) in [5.74, 6) is -1.54. The Morgan fingerprint density at radius 3 is 2.15 bits per heavy atom. The van der Waals surface area contributed by atoms with Crippen molar-refractivity contribution in [2.45, 2.75) is 39.3 Å². The molecule has 0 fully saturated rings.